The highest BCUT2D eigenvalue weighted by Gasteiger charge is 2.42. The largest absolute Gasteiger partial charge is 0.369 e. The van der Waals surface area contributed by atoms with Gasteiger partial charge < -0.3 is 4.90 Å². The standard InChI is InChI=1S/C22H27N3O5S2/c1-16-5-4-6-21(18(16)3)23-11-13-24(14-12-23)32(29,30)20-9-7-19(8-10-20)25-22(26)17(2)15-31(25,27)28/h4-10,17H,11-15H2,1-3H3/t17-/m1/s1. The number of hydrogen-bond donors (Lipinski definition) is 0. The summed E-state index contributed by atoms with van der Waals surface area (Å²) in [6.07, 6.45) is 0. The van der Waals surface area contributed by atoms with Crippen molar-refractivity contribution in [2.45, 2.75) is 25.7 Å². The first-order valence-corrected chi connectivity index (χ1v) is 13.6. The average molecular weight is 478 g/mol. The van der Waals surface area contributed by atoms with Crippen LogP contribution in [-0.4, -0.2) is 59.0 Å². The van der Waals surface area contributed by atoms with Crippen molar-refractivity contribution in [3.8, 4) is 0 Å². The summed E-state index contributed by atoms with van der Waals surface area (Å²) in [5, 5.41) is 0. The first kappa shape index (κ1) is 22.8. The number of piperazine rings is 1. The molecule has 0 spiro atoms. The van der Waals surface area contributed by atoms with E-state index in [1.54, 1.807) is 6.92 Å². The van der Waals surface area contributed by atoms with E-state index < -0.39 is 31.9 Å². The third-order valence-corrected chi connectivity index (χ3v) is 10.0. The van der Waals surface area contributed by atoms with Gasteiger partial charge in [-0.3, -0.25) is 4.79 Å². The van der Waals surface area contributed by atoms with Crippen molar-refractivity contribution in [2.75, 3.05) is 41.1 Å². The van der Waals surface area contributed by atoms with Gasteiger partial charge >= 0.3 is 0 Å². The molecule has 172 valence electrons. The lowest BCUT2D eigenvalue weighted by atomic mass is 10.1. The minimum absolute atomic E-state index is 0.0820. The molecule has 2 heterocycles. The van der Waals surface area contributed by atoms with E-state index in [9.17, 15) is 21.6 Å². The van der Waals surface area contributed by atoms with Crippen molar-refractivity contribution in [3.63, 3.8) is 0 Å². The van der Waals surface area contributed by atoms with Crippen molar-refractivity contribution >= 4 is 37.3 Å². The van der Waals surface area contributed by atoms with Gasteiger partial charge in [0.05, 0.1) is 22.3 Å². The fraction of sp³-hybridized carbons (Fsp3) is 0.409. The van der Waals surface area contributed by atoms with Gasteiger partial charge in [-0.2, -0.15) is 4.31 Å². The molecule has 1 amide bonds. The lowest BCUT2D eigenvalue weighted by Gasteiger charge is -2.36. The molecule has 0 bridgehead atoms. The molecule has 0 N–H and O–H groups in total. The van der Waals surface area contributed by atoms with Crippen LogP contribution in [0.2, 0.25) is 0 Å². The van der Waals surface area contributed by atoms with E-state index >= 15 is 0 Å². The first-order valence-electron chi connectivity index (χ1n) is 10.5. The van der Waals surface area contributed by atoms with Crippen molar-refractivity contribution in [1.82, 2.24) is 4.31 Å². The van der Waals surface area contributed by atoms with E-state index in [1.165, 1.54) is 39.7 Å². The summed E-state index contributed by atoms with van der Waals surface area (Å²) < 4.78 is 53.1. The fourth-order valence-corrected chi connectivity index (χ4v) is 7.48. The molecule has 10 heteroatoms. The highest BCUT2D eigenvalue weighted by Crippen LogP contribution is 2.30. The van der Waals surface area contributed by atoms with Crippen molar-refractivity contribution < 1.29 is 21.6 Å². The number of aryl methyl sites for hydroxylation is 1. The Kier molecular flexibility index (Phi) is 5.81. The molecule has 2 aromatic carbocycles. The Balaban J connectivity index is 1.50. The molecule has 0 radical (unpaired) electrons. The molecule has 2 fully saturated rings. The van der Waals surface area contributed by atoms with Gasteiger partial charge in [-0.05, 0) is 55.3 Å². The van der Waals surface area contributed by atoms with Gasteiger partial charge in [0.1, 0.15) is 0 Å². The normalized spacial score (nSPS) is 21.8. The molecule has 0 unspecified atom stereocenters. The second-order valence-corrected chi connectivity index (χ2v) is 12.2. The van der Waals surface area contributed by atoms with Gasteiger partial charge in [-0.1, -0.05) is 19.1 Å². The number of carbonyl (C=O) groups is 1. The molecule has 32 heavy (non-hydrogen) atoms. The third kappa shape index (κ3) is 3.91. The van der Waals surface area contributed by atoms with E-state index in [-0.39, 0.29) is 16.3 Å². The van der Waals surface area contributed by atoms with Crippen LogP contribution < -0.4 is 9.21 Å². The number of carbonyl (C=O) groups excluding carboxylic acids is 1. The Bertz CT molecular complexity index is 1250. The number of anilines is 2. The van der Waals surface area contributed by atoms with Gasteiger partial charge in [-0.15, -0.1) is 0 Å². The van der Waals surface area contributed by atoms with Crippen molar-refractivity contribution in [2.24, 2.45) is 5.92 Å². The quantitative estimate of drug-likeness (QED) is 0.670. The molecule has 0 aromatic heterocycles. The number of nitrogens with zero attached hydrogens (tertiary/aromatic N) is 3. The summed E-state index contributed by atoms with van der Waals surface area (Å²) in [6.45, 7) is 7.57. The van der Waals surface area contributed by atoms with Gasteiger partial charge in [0.15, 0.2) is 0 Å². The smallest absolute Gasteiger partial charge is 0.244 e. The summed E-state index contributed by atoms with van der Waals surface area (Å²) in [5.41, 5.74) is 3.68. The van der Waals surface area contributed by atoms with E-state index in [0.717, 1.165) is 9.99 Å². The van der Waals surface area contributed by atoms with Gasteiger partial charge in [0.2, 0.25) is 26.0 Å². The minimum atomic E-state index is -3.73. The Hall–Kier alpha value is -2.43. The first-order chi connectivity index (χ1) is 15.0. The zero-order valence-corrected chi connectivity index (χ0v) is 20.0. The van der Waals surface area contributed by atoms with Crippen LogP contribution in [0.3, 0.4) is 0 Å². The lowest BCUT2D eigenvalue weighted by Crippen LogP contribution is -2.48. The molecule has 2 aromatic rings. The number of rotatable bonds is 4. The van der Waals surface area contributed by atoms with E-state index in [4.69, 9.17) is 0 Å². The monoisotopic (exact) mass is 477 g/mol. The molecule has 0 aliphatic carbocycles. The topological polar surface area (TPSA) is 95.1 Å². The van der Waals surface area contributed by atoms with Crippen LogP contribution in [0, 0.1) is 19.8 Å². The van der Waals surface area contributed by atoms with E-state index in [1.807, 2.05) is 6.07 Å². The van der Waals surface area contributed by atoms with E-state index in [0.29, 0.717) is 26.2 Å². The molecule has 2 aliphatic heterocycles. The number of hydrogen-bond acceptors (Lipinski definition) is 6. The molecule has 4 rings (SSSR count). The third-order valence-electron chi connectivity index (χ3n) is 6.22. The highest BCUT2D eigenvalue weighted by molar-refractivity contribution is 7.94. The SMILES string of the molecule is Cc1cccc(N2CCN(S(=O)(=O)c3ccc(N4C(=O)[C@H](C)CS4(=O)=O)cc3)CC2)c1C. The number of benzene rings is 2. The van der Waals surface area contributed by atoms with Crippen LogP contribution in [0.5, 0.6) is 0 Å². The second kappa shape index (κ2) is 8.17. The molecule has 0 saturated carbocycles. The number of sulfonamides is 2. The van der Waals surface area contributed by atoms with Crippen LogP contribution in [0.4, 0.5) is 11.4 Å². The lowest BCUT2D eigenvalue weighted by molar-refractivity contribution is -0.119. The average Bonchev–Trinajstić information content (AvgIpc) is 2.96. The Labute approximate surface area is 189 Å². The van der Waals surface area contributed by atoms with Crippen molar-refractivity contribution in [1.29, 1.82) is 0 Å². The summed E-state index contributed by atoms with van der Waals surface area (Å²) in [5.74, 6) is -1.35. The highest BCUT2D eigenvalue weighted by atomic mass is 32.2. The maximum Gasteiger partial charge on any atom is 0.244 e. The molecule has 8 nitrogen and oxygen atoms in total. The van der Waals surface area contributed by atoms with E-state index in [2.05, 4.69) is 30.9 Å². The second-order valence-electron chi connectivity index (χ2n) is 8.39. The van der Waals surface area contributed by atoms with Crippen molar-refractivity contribution in [3.05, 3.63) is 53.6 Å². The molecule has 1 atom stereocenters. The summed E-state index contributed by atoms with van der Waals surface area (Å²) in [7, 11) is -7.45. The van der Waals surface area contributed by atoms with Crippen LogP contribution >= 0.6 is 0 Å². The van der Waals surface area contributed by atoms with Crippen LogP contribution in [0.15, 0.2) is 47.4 Å². The predicted molar refractivity (Wildman–Crippen MR) is 124 cm³/mol. The zero-order chi connectivity index (χ0) is 23.3. The Morgan fingerprint density at radius 3 is 2.12 bits per heavy atom. The van der Waals surface area contributed by atoms with Gasteiger partial charge in [0, 0.05) is 31.9 Å². The maximum atomic E-state index is 13.1. The number of amides is 1. The predicted octanol–water partition coefficient (Wildman–Crippen LogP) is 2.13. The van der Waals surface area contributed by atoms with Gasteiger partial charge in [0.25, 0.3) is 0 Å². The molecule has 2 aliphatic rings. The Morgan fingerprint density at radius 1 is 0.938 bits per heavy atom. The van der Waals surface area contributed by atoms with Crippen LogP contribution in [-0.2, 0) is 24.8 Å². The molecule has 2 saturated heterocycles. The molecular formula is C22H27N3O5S2. The summed E-state index contributed by atoms with van der Waals surface area (Å²) >= 11 is 0. The summed E-state index contributed by atoms with van der Waals surface area (Å²) in [6, 6.07) is 11.6. The van der Waals surface area contributed by atoms with Crippen LogP contribution in [0.25, 0.3) is 0 Å². The Morgan fingerprint density at radius 2 is 1.56 bits per heavy atom. The van der Waals surface area contributed by atoms with Gasteiger partial charge in [-0.25, -0.2) is 21.1 Å². The minimum Gasteiger partial charge on any atom is -0.369 e. The summed E-state index contributed by atoms with van der Waals surface area (Å²) in [4.78, 5) is 14.5. The maximum absolute atomic E-state index is 13.1. The fourth-order valence-electron chi connectivity index (χ4n) is 4.24. The van der Waals surface area contributed by atoms with Crippen LogP contribution in [0.1, 0.15) is 18.1 Å². The molecular weight excluding hydrogens is 450 g/mol. The zero-order valence-electron chi connectivity index (χ0n) is 18.4.